The lowest BCUT2D eigenvalue weighted by Crippen LogP contribution is -2.34. The number of anilines is 1. The van der Waals surface area contributed by atoms with E-state index in [1.807, 2.05) is 37.3 Å². The molecule has 0 aliphatic rings. The van der Waals surface area contributed by atoms with Crippen molar-refractivity contribution in [3.05, 3.63) is 65.7 Å². The molecule has 0 spiro atoms. The molecule has 7 nitrogen and oxygen atoms in total. The van der Waals surface area contributed by atoms with Gasteiger partial charge in [-0.3, -0.25) is 9.59 Å². The minimum absolute atomic E-state index is 0. The summed E-state index contributed by atoms with van der Waals surface area (Å²) in [5.41, 5.74) is 1.16. The molecule has 2 rings (SSSR count). The van der Waals surface area contributed by atoms with Crippen LogP contribution in [0.15, 0.2) is 54.6 Å². The summed E-state index contributed by atoms with van der Waals surface area (Å²) in [6.45, 7) is 6.92. The van der Waals surface area contributed by atoms with E-state index in [-0.39, 0.29) is 20.0 Å². The fourth-order valence-corrected chi connectivity index (χ4v) is 2.56. The number of hydrogen-bond donors (Lipinski definition) is 3. The van der Waals surface area contributed by atoms with Crippen molar-refractivity contribution in [2.75, 3.05) is 11.9 Å². The molecule has 0 aromatic heterocycles. The SMILES string of the molecule is CC(NC(=O)Nc1cccc(C(=O)NCC(=O)OC(C)(C)C)c1)c1ccccc1.[HH]. The lowest BCUT2D eigenvalue weighted by atomic mass is 10.1. The summed E-state index contributed by atoms with van der Waals surface area (Å²) in [6, 6.07) is 15.5. The number of carbonyl (C=O) groups excluding carboxylic acids is 3. The van der Waals surface area contributed by atoms with Crippen molar-refractivity contribution in [2.24, 2.45) is 0 Å². The second-order valence-corrected chi connectivity index (χ2v) is 7.58. The molecule has 3 N–H and O–H groups in total. The van der Waals surface area contributed by atoms with Gasteiger partial charge in [-0.25, -0.2) is 4.79 Å². The van der Waals surface area contributed by atoms with Crippen LogP contribution in [0.5, 0.6) is 0 Å². The molecule has 0 radical (unpaired) electrons. The van der Waals surface area contributed by atoms with Crippen LogP contribution in [0, 0.1) is 0 Å². The first-order chi connectivity index (χ1) is 13.6. The lowest BCUT2D eigenvalue weighted by Gasteiger charge is -2.19. The number of nitrogens with one attached hydrogen (secondary N) is 3. The first-order valence-corrected chi connectivity index (χ1v) is 9.36. The quantitative estimate of drug-likeness (QED) is 0.642. The van der Waals surface area contributed by atoms with E-state index in [1.54, 1.807) is 39.0 Å². The maximum absolute atomic E-state index is 12.3. The van der Waals surface area contributed by atoms with E-state index in [4.69, 9.17) is 4.74 Å². The summed E-state index contributed by atoms with van der Waals surface area (Å²) in [7, 11) is 0. The Bertz CT molecular complexity index is 866. The molecule has 2 aromatic carbocycles. The third kappa shape index (κ3) is 7.65. The molecule has 0 bridgehead atoms. The Balaban J connectivity index is 0.00000450. The molecule has 1 unspecified atom stereocenters. The fraction of sp³-hybridized carbons (Fsp3) is 0.318. The van der Waals surface area contributed by atoms with Gasteiger partial charge in [-0.15, -0.1) is 0 Å². The van der Waals surface area contributed by atoms with Gasteiger partial charge >= 0.3 is 12.0 Å². The van der Waals surface area contributed by atoms with Crippen molar-refractivity contribution in [2.45, 2.75) is 39.3 Å². The van der Waals surface area contributed by atoms with Gasteiger partial charge < -0.3 is 20.7 Å². The largest absolute Gasteiger partial charge is 0.459 e. The Kier molecular flexibility index (Phi) is 7.36. The van der Waals surface area contributed by atoms with Crippen molar-refractivity contribution in [3.8, 4) is 0 Å². The second-order valence-electron chi connectivity index (χ2n) is 7.58. The number of ether oxygens (including phenoxy) is 1. The van der Waals surface area contributed by atoms with Gasteiger partial charge in [0.1, 0.15) is 12.1 Å². The van der Waals surface area contributed by atoms with E-state index in [2.05, 4.69) is 16.0 Å². The van der Waals surface area contributed by atoms with Crippen molar-refractivity contribution < 1.29 is 20.5 Å². The van der Waals surface area contributed by atoms with Crippen LogP contribution in [0.4, 0.5) is 10.5 Å². The predicted octanol–water partition coefficient (Wildman–Crippen LogP) is 3.89. The van der Waals surface area contributed by atoms with Gasteiger partial charge in [-0.2, -0.15) is 0 Å². The fourth-order valence-electron chi connectivity index (χ4n) is 2.56. The van der Waals surface area contributed by atoms with Crippen molar-refractivity contribution in [1.82, 2.24) is 10.6 Å². The van der Waals surface area contributed by atoms with Gasteiger partial charge in [-0.1, -0.05) is 36.4 Å². The smallest absolute Gasteiger partial charge is 0.325 e. The van der Waals surface area contributed by atoms with Gasteiger partial charge in [0, 0.05) is 12.7 Å². The number of hydrogen-bond acceptors (Lipinski definition) is 4. The molecule has 156 valence electrons. The van der Waals surface area contributed by atoms with Gasteiger partial charge in [0.05, 0.1) is 6.04 Å². The summed E-state index contributed by atoms with van der Waals surface area (Å²) in [4.78, 5) is 36.2. The zero-order chi connectivity index (χ0) is 21.4. The van der Waals surface area contributed by atoms with E-state index < -0.39 is 17.5 Å². The summed E-state index contributed by atoms with van der Waals surface area (Å²) in [5.74, 6) is -0.952. The highest BCUT2D eigenvalue weighted by Gasteiger charge is 2.17. The third-order valence-electron chi connectivity index (χ3n) is 3.84. The maximum Gasteiger partial charge on any atom is 0.325 e. The summed E-state index contributed by atoms with van der Waals surface area (Å²) >= 11 is 0. The van der Waals surface area contributed by atoms with Gasteiger partial charge in [0.2, 0.25) is 0 Å². The average molecular weight is 399 g/mol. The highest BCUT2D eigenvalue weighted by atomic mass is 16.6. The summed E-state index contributed by atoms with van der Waals surface area (Å²) in [5, 5.41) is 8.07. The van der Waals surface area contributed by atoms with E-state index in [1.165, 1.54) is 6.07 Å². The molecule has 0 saturated heterocycles. The molecule has 1 atom stereocenters. The Morgan fingerprint density at radius 3 is 2.38 bits per heavy atom. The second kappa shape index (κ2) is 9.73. The Morgan fingerprint density at radius 2 is 1.72 bits per heavy atom. The van der Waals surface area contributed by atoms with Crippen LogP contribution in [0.1, 0.15) is 51.1 Å². The highest BCUT2D eigenvalue weighted by Crippen LogP contribution is 2.14. The third-order valence-corrected chi connectivity index (χ3v) is 3.84. The first kappa shape index (κ1) is 21.9. The van der Waals surface area contributed by atoms with E-state index in [0.29, 0.717) is 11.3 Å². The number of carbonyl (C=O) groups is 3. The van der Waals surface area contributed by atoms with Gasteiger partial charge in [-0.05, 0) is 51.5 Å². The standard InChI is InChI=1S/C22H27N3O4.H2/c1-15(16-9-6-5-7-10-16)24-21(28)25-18-12-8-11-17(13-18)20(27)23-14-19(26)29-22(2,3)4;/h5-13,15H,14H2,1-4H3,(H,23,27)(H2,24,25,28);1H. The zero-order valence-electron chi connectivity index (χ0n) is 17.1. The molecule has 0 aliphatic carbocycles. The summed E-state index contributed by atoms with van der Waals surface area (Å²) < 4.78 is 5.15. The summed E-state index contributed by atoms with van der Waals surface area (Å²) in [6.07, 6.45) is 0. The van der Waals surface area contributed by atoms with E-state index in [0.717, 1.165) is 5.56 Å². The number of esters is 1. The molecule has 7 heteroatoms. The monoisotopic (exact) mass is 399 g/mol. The minimum Gasteiger partial charge on any atom is -0.459 e. The van der Waals surface area contributed by atoms with Crippen LogP contribution in [0.25, 0.3) is 0 Å². The Hall–Kier alpha value is -3.35. The normalized spacial score (nSPS) is 11.9. The number of amides is 3. The zero-order valence-corrected chi connectivity index (χ0v) is 17.1. The molecule has 0 saturated carbocycles. The molecule has 2 aromatic rings. The van der Waals surface area contributed by atoms with Crippen LogP contribution >= 0.6 is 0 Å². The average Bonchev–Trinajstić information content (AvgIpc) is 2.65. The number of urea groups is 1. The molecule has 0 heterocycles. The molecule has 0 fully saturated rings. The topological polar surface area (TPSA) is 96.5 Å². The molecule has 0 aliphatic heterocycles. The van der Waals surface area contributed by atoms with Crippen molar-refractivity contribution >= 4 is 23.6 Å². The van der Waals surface area contributed by atoms with E-state index >= 15 is 0 Å². The van der Waals surface area contributed by atoms with Gasteiger partial charge in [0.15, 0.2) is 0 Å². The Labute approximate surface area is 172 Å². The van der Waals surface area contributed by atoms with E-state index in [9.17, 15) is 14.4 Å². The van der Waals surface area contributed by atoms with Crippen LogP contribution in [-0.2, 0) is 9.53 Å². The number of benzene rings is 2. The van der Waals surface area contributed by atoms with Crippen LogP contribution < -0.4 is 16.0 Å². The van der Waals surface area contributed by atoms with Crippen LogP contribution in [0.2, 0.25) is 0 Å². The van der Waals surface area contributed by atoms with Gasteiger partial charge in [0.25, 0.3) is 5.91 Å². The Morgan fingerprint density at radius 1 is 1.03 bits per heavy atom. The number of rotatable bonds is 6. The minimum atomic E-state index is -0.615. The van der Waals surface area contributed by atoms with Crippen LogP contribution in [-0.4, -0.2) is 30.1 Å². The molecule has 29 heavy (non-hydrogen) atoms. The predicted molar refractivity (Wildman–Crippen MR) is 114 cm³/mol. The molecular weight excluding hydrogens is 370 g/mol. The molecular formula is C22H29N3O4. The lowest BCUT2D eigenvalue weighted by molar-refractivity contribution is -0.153. The van der Waals surface area contributed by atoms with Crippen molar-refractivity contribution in [1.29, 1.82) is 0 Å². The van der Waals surface area contributed by atoms with Crippen molar-refractivity contribution in [3.63, 3.8) is 0 Å². The first-order valence-electron chi connectivity index (χ1n) is 9.36. The maximum atomic E-state index is 12.3. The highest BCUT2D eigenvalue weighted by molar-refractivity contribution is 5.98. The van der Waals surface area contributed by atoms with Crippen LogP contribution in [0.3, 0.4) is 0 Å². The molecule has 3 amide bonds.